The molecule has 1 amide bonds. The van der Waals surface area contributed by atoms with Crippen molar-refractivity contribution in [3.8, 4) is 5.75 Å². The molecule has 3 aromatic rings. The number of likely N-dealkylation sites (N-methyl/N-ethyl adjacent to an activating group) is 1. The van der Waals surface area contributed by atoms with Crippen LogP contribution >= 0.6 is 11.8 Å². The molecule has 0 atom stereocenters. The predicted molar refractivity (Wildman–Crippen MR) is 149 cm³/mol. The third-order valence-electron chi connectivity index (χ3n) is 6.50. The van der Waals surface area contributed by atoms with Crippen LogP contribution in [0.3, 0.4) is 0 Å². The van der Waals surface area contributed by atoms with Crippen molar-refractivity contribution in [3.05, 3.63) is 84.4 Å². The average molecular weight is 540 g/mol. The van der Waals surface area contributed by atoms with E-state index in [1.54, 1.807) is 32.4 Å². The van der Waals surface area contributed by atoms with Gasteiger partial charge in [0.1, 0.15) is 5.75 Å². The zero-order valence-electron chi connectivity index (χ0n) is 21.2. The average Bonchev–Trinajstić information content (AvgIpc) is 2.95. The zero-order chi connectivity index (χ0) is 26.3. The van der Waals surface area contributed by atoms with Gasteiger partial charge in [0.05, 0.1) is 23.4 Å². The summed E-state index contributed by atoms with van der Waals surface area (Å²) in [5.41, 5.74) is 1.82. The van der Waals surface area contributed by atoms with Crippen LogP contribution in [0.2, 0.25) is 0 Å². The Morgan fingerprint density at radius 1 is 0.946 bits per heavy atom. The van der Waals surface area contributed by atoms with Gasteiger partial charge in [-0.05, 0) is 42.3 Å². The van der Waals surface area contributed by atoms with Crippen LogP contribution in [0.4, 0.5) is 5.69 Å². The molecule has 1 aliphatic rings. The second-order valence-corrected chi connectivity index (χ2v) is 12.0. The molecular weight excluding hydrogens is 506 g/mol. The summed E-state index contributed by atoms with van der Waals surface area (Å²) in [6, 6.07) is 24.7. The van der Waals surface area contributed by atoms with Gasteiger partial charge in [0, 0.05) is 44.7 Å². The summed E-state index contributed by atoms with van der Waals surface area (Å²) in [6.45, 7) is 2.74. The lowest BCUT2D eigenvalue weighted by Crippen LogP contribution is -2.49. The van der Waals surface area contributed by atoms with Crippen molar-refractivity contribution in [1.29, 1.82) is 0 Å². The van der Waals surface area contributed by atoms with Crippen molar-refractivity contribution in [1.82, 2.24) is 9.21 Å². The van der Waals surface area contributed by atoms with Crippen LogP contribution in [-0.4, -0.2) is 76.2 Å². The third-order valence-corrected chi connectivity index (χ3v) is 9.34. The van der Waals surface area contributed by atoms with Crippen LogP contribution in [0, 0.1) is 0 Å². The van der Waals surface area contributed by atoms with Crippen molar-refractivity contribution in [2.75, 3.05) is 57.5 Å². The van der Waals surface area contributed by atoms with Crippen molar-refractivity contribution in [2.24, 2.45) is 0 Å². The van der Waals surface area contributed by atoms with E-state index < -0.39 is 10.0 Å². The van der Waals surface area contributed by atoms with Gasteiger partial charge in [0.2, 0.25) is 15.9 Å². The number of nitrogens with zero attached hydrogens (tertiary/aromatic N) is 3. The van der Waals surface area contributed by atoms with E-state index in [4.69, 9.17) is 4.74 Å². The third kappa shape index (κ3) is 6.85. The number of rotatable bonds is 10. The monoisotopic (exact) mass is 539 g/mol. The summed E-state index contributed by atoms with van der Waals surface area (Å²) in [7, 11) is -0.475. The molecule has 1 fully saturated rings. The minimum Gasteiger partial charge on any atom is -0.495 e. The predicted octanol–water partition coefficient (Wildman–Crippen LogP) is 4.00. The number of methoxy groups -OCH3 is 1. The molecule has 0 unspecified atom stereocenters. The van der Waals surface area contributed by atoms with Gasteiger partial charge in [-0.2, -0.15) is 0 Å². The van der Waals surface area contributed by atoms with E-state index >= 15 is 0 Å². The van der Waals surface area contributed by atoms with Gasteiger partial charge in [-0.1, -0.05) is 48.5 Å². The second-order valence-electron chi connectivity index (χ2n) is 8.87. The first-order chi connectivity index (χ1) is 17.9. The maximum Gasteiger partial charge on any atom is 0.242 e. The highest BCUT2D eigenvalue weighted by Crippen LogP contribution is 2.33. The maximum absolute atomic E-state index is 13.3. The molecule has 0 spiro atoms. The zero-order valence-corrected chi connectivity index (χ0v) is 22.9. The molecule has 1 heterocycles. The fourth-order valence-electron chi connectivity index (χ4n) is 4.26. The number of carbonyl (C=O) groups excluding carboxylic acids is 1. The van der Waals surface area contributed by atoms with Gasteiger partial charge in [-0.3, -0.25) is 4.79 Å². The Morgan fingerprint density at radius 3 is 2.24 bits per heavy atom. The van der Waals surface area contributed by atoms with E-state index in [1.165, 1.54) is 16.1 Å². The van der Waals surface area contributed by atoms with E-state index in [0.717, 1.165) is 16.1 Å². The number of piperazine rings is 1. The smallest absolute Gasteiger partial charge is 0.242 e. The summed E-state index contributed by atoms with van der Waals surface area (Å²) < 4.78 is 33.6. The molecule has 1 aliphatic heterocycles. The molecule has 37 heavy (non-hydrogen) atoms. The number of amides is 1. The number of sulfonamides is 1. The summed E-state index contributed by atoms with van der Waals surface area (Å²) in [6.07, 6.45) is 0.637. The summed E-state index contributed by atoms with van der Waals surface area (Å²) >= 11 is 1.54. The normalized spacial score (nSPS) is 14.1. The molecule has 0 saturated carbocycles. The Kier molecular flexibility index (Phi) is 9.13. The van der Waals surface area contributed by atoms with Crippen LogP contribution < -0.4 is 9.64 Å². The Balaban J connectivity index is 1.40. The molecule has 1 saturated heterocycles. The minimum absolute atomic E-state index is 0.108. The molecule has 0 aromatic heterocycles. The van der Waals surface area contributed by atoms with E-state index in [2.05, 4.69) is 4.90 Å². The van der Waals surface area contributed by atoms with Crippen LogP contribution in [-0.2, 0) is 21.2 Å². The van der Waals surface area contributed by atoms with Crippen LogP contribution in [0.25, 0.3) is 0 Å². The number of ether oxygens (including phenoxy) is 1. The minimum atomic E-state index is -3.67. The molecule has 4 rings (SSSR count). The van der Waals surface area contributed by atoms with Crippen molar-refractivity contribution >= 4 is 33.4 Å². The summed E-state index contributed by atoms with van der Waals surface area (Å²) in [5, 5.41) is 0. The SMILES string of the molecule is COc1ccc(S(=O)(=O)N(C)CCc2ccccc2)cc1N1CCN(C(=O)CSc2ccccc2)CC1. The Hall–Kier alpha value is -3.01. The molecule has 7 nitrogen and oxygen atoms in total. The number of hydrogen-bond acceptors (Lipinski definition) is 6. The lowest BCUT2D eigenvalue weighted by Gasteiger charge is -2.36. The molecule has 0 bridgehead atoms. The standard InChI is InChI=1S/C28H33N3O4S2/c1-29(16-15-23-9-5-3-6-10-23)37(33,34)25-13-14-27(35-2)26(21-25)30-17-19-31(20-18-30)28(32)22-36-24-11-7-4-8-12-24/h3-14,21H,15-20,22H2,1-2H3. The van der Waals surface area contributed by atoms with Gasteiger partial charge >= 0.3 is 0 Å². The van der Waals surface area contributed by atoms with E-state index in [1.807, 2.05) is 65.6 Å². The fraction of sp³-hybridized carbons (Fsp3) is 0.321. The van der Waals surface area contributed by atoms with Crippen molar-refractivity contribution in [3.63, 3.8) is 0 Å². The first kappa shape index (κ1) is 27.0. The summed E-state index contributed by atoms with van der Waals surface area (Å²) in [5.74, 6) is 1.12. The first-order valence-corrected chi connectivity index (χ1v) is 14.7. The van der Waals surface area contributed by atoms with E-state index in [0.29, 0.717) is 50.6 Å². The topological polar surface area (TPSA) is 70.2 Å². The molecule has 0 N–H and O–H groups in total. The van der Waals surface area contributed by atoms with Gasteiger partial charge in [0.15, 0.2) is 0 Å². The molecule has 0 aliphatic carbocycles. The van der Waals surface area contributed by atoms with E-state index in [-0.39, 0.29) is 10.8 Å². The molecule has 0 radical (unpaired) electrons. The second kappa shape index (κ2) is 12.5. The highest BCUT2D eigenvalue weighted by Gasteiger charge is 2.26. The molecule has 196 valence electrons. The number of hydrogen-bond donors (Lipinski definition) is 0. The Bertz CT molecular complexity index is 1280. The number of anilines is 1. The Morgan fingerprint density at radius 2 is 1.59 bits per heavy atom. The fourth-order valence-corrected chi connectivity index (χ4v) is 6.27. The van der Waals surface area contributed by atoms with Gasteiger partial charge < -0.3 is 14.5 Å². The highest BCUT2D eigenvalue weighted by molar-refractivity contribution is 8.00. The van der Waals surface area contributed by atoms with Gasteiger partial charge in [0.25, 0.3) is 0 Å². The number of thioether (sulfide) groups is 1. The largest absolute Gasteiger partial charge is 0.495 e. The van der Waals surface area contributed by atoms with Gasteiger partial charge in [-0.25, -0.2) is 12.7 Å². The first-order valence-electron chi connectivity index (χ1n) is 12.3. The van der Waals surface area contributed by atoms with Crippen molar-refractivity contribution < 1.29 is 17.9 Å². The quantitative estimate of drug-likeness (QED) is 0.363. The van der Waals surface area contributed by atoms with Crippen LogP contribution in [0.1, 0.15) is 5.56 Å². The molecule has 9 heteroatoms. The lowest BCUT2D eigenvalue weighted by molar-refractivity contribution is -0.128. The number of carbonyl (C=O) groups is 1. The van der Waals surface area contributed by atoms with Crippen molar-refractivity contribution in [2.45, 2.75) is 16.2 Å². The molecule has 3 aromatic carbocycles. The van der Waals surface area contributed by atoms with Gasteiger partial charge in [-0.15, -0.1) is 11.8 Å². The molecular formula is C28H33N3O4S2. The van der Waals surface area contributed by atoms with E-state index in [9.17, 15) is 13.2 Å². The maximum atomic E-state index is 13.3. The summed E-state index contributed by atoms with van der Waals surface area (Å²) in [4.78, 5) is 18.0. The number of benzene rings is 3. The lowest BCUT2D eigenvalue weighted by atomic mass is 10.2. The Labute approximate surface area is 224 Å². The highest BCUT2D eigenvalue weighted by atomic mass is 32.2. The van der Waals surface area contributed by atoms with Crippen LogP contribution in [0.5, 0.6) is 5.75 Å². The van der Waals surface area contributed by atoms with Crippen LogP contribution in [0.15, 0.2) is 88.7 Å².